The van der Waals surface area contributed by atoms with E-state index < -0.39 is 11.7 Å². The summed E-state index contributed by atoms with van der Waals surface area (Å²) in [6.45, 7) is 1.69. The smallest absolute Gasteiger partial charge is 0.166 e. The van der Waals surface area contributed by atoms with Crippen LogP contribution in [0.4, 0.5) is 13.2 Å². The van der Waals surface area contributed by atoms with E-state index in [-0.39, 0.29) is 0 Å². The van der Waals surface area contributed by atoms with Gasteiger partial charge >= 0.3 is 6.18 Å². The number of aryl methyl sites for hydroxylation is 1. The quantitative estimate of drug-likeness (QED) is 0.612. The van der Waals surface area contributed by atoms with Gasteiger partial charge in [0, 0.05) is 0 Å². The molecule has 1 radical (unpaired) electrons. The Morgan fingerprint density at radius 2 is 2.08 bits per heavy atom. The van der Waals surface area contributed by atoms with Crippen molar-refractivity contribution in [2.75, 3.05) is 0 Å². The van der Waals surface area contributed by atoms with Gasteiger partial charge in [0.05, 0.1) is 5.56 Å². The molecule has 0 N–H and O–H groups in total. The Balaban J connectivity index is 3.14. The molecular weight excluding hydrogens is 165 g/mol. The van der Waals surface area contributed by atoms with Crippen molar-refractivity contribution in [2.45, 2.75) is 19.5 Å². The highest BCUT2D eigenvalue weighted by Gasteiger charge is 2.32. The van der Waals surface area contributed by atoms with Gasteiger partial charge in [0.1, 0.15) is 0 Å². The third-order valence-corrected chi connectivity index (χ3v) is 1.61. The number of rotatable bonds is 1. The van der Waals surface area contributed by atoms with E-state index in [1.54, 1.807) is 13.0 Å². The third kappa shape index (κ3) is 1.78. The van der Waals surface area contributed by atoms with Crippen LogP contribution in [0.25, 0.3) is 0 Å². The lowest BCUT2D eigenvalue weighted by atomic mass is 10.1. The second-order valence-electron chi connectivity index (χ2n) is 2.42. The van der Waals surface area contributed by atoms with E-state index in [0.29, 0.717) is 12.0 Å². The highest BCUT2D eigenvalue weighted by atomic mass is 19.4. The molecule has 12 heavy (non-hydrogen) atoms. The first kappa shape index (κ1) is 9.10. The van der Waals surface area contributed by atoms with Crippen LogP contribution in [0.2, 0.25) is 0 Å². The maximum absolute atomic E-state index is 12.2. The minimum Gasteiger partial charge on any atom is -0.166 e. The molecule has 0 bridgehead atoms. The van der Waals surface area contributed by atoms with Crippen LogP contribution in [0.1, 0.15) is 18.1 Å². The number of alkyl halides is 3. The van der Waals surface area contributed by atoms with Crippen molar-refractivity contribution in [2.24, 2.45) is 0 Å². The Morgan fingerprint density at radius 3 is 2.50 bits per heavy atom. The molecule has 0 heterocycles. The Bertz CT molecular complexity index is 263. The molecule has 1 rings (SSSR count). The van der Waals surface area contributed by atoms with E-state index >= 15 is 0 Å². The molecule has 0 aliphatic rings. The van der Waals surface area contributed by atoms with Gasteiger partial charge in [-0.1, -0.05) is 25.1 Å². The predicted molar refractivity (Wildman–Crippen MR) is 39.7 cm³/mol. The van der Waals surface area contributed by atoms with Gasteiger partial charge < -0.3 is 0 Å². The summed E-state index contributed by atoms with van der Waals surface area (Å²) in [4.78, 5) is 0. The molecule has 0 atom stereocenters. The highest BCUT2D eigenvalue weighted by Crippen LogP contribution is 2.31. The van der Waals surface area contributed by atoms with Crippen LogP contribution in [-0.2, 0) is 12.6 Å². The number of halogens is 3. The standard InChI is InChI=1S/C9H8F3/c1-2-7-5-3-4-6-8(7)9(10,11)12/h3-5H,2H2,1H3. The molecule has 0 nitrogen and oxygen atoms in total. The number of hydrogen-bond acceptors (Lipinski definition) is 0. The van der Waals surface area contributed by atoms with Crippen molar-refractivity contribution < 1.29 is 13.2 Å². The Morgan fingerprint density at radius 1 is 1.42 bits per heavy atom. The topological polar surface area (TPSA) is 0 Å². The lowest BCUT2D eigenvalue weighted by Gasteiger charge is -2.09. The first-order chi connectivity index (χ1) is 5.55. The molecule has 1 aromatic carbocycles. The summed E-state index contributed by atoms with van der Waals surface area (Å²) in [6.07, 6.45) is -3.89. The average Bonchev–Trinajstić information content (AvgIpc) is 2.03. The average molecular weight is 173 g/mol. The van der Waals surface area contributed by atoms with E-state index in [2.05, 4.69) is 6.07 Å². The Kier molecular flexibility index (Phi) is 2.40. The normalized spacial score (nSPS) is 11.7. The van der Waals surface area contributed by atoms with Gasteiger partial charge in [-0.25, -0.2) is 0 Å². The van der Waals surface area contributed by atoms with Crippen molar-refractivity contribution >= 4 is 0 Å². The largest absolute Gasteiger partial charge is 0.417 e. The van der Waals surface area contributed by atoms with E-state index in [0.717, 1.165) is 0 Å². The van der Waals surface area contributed by atoms with Crippen LogP contribution in [-0.4, -0.2) is 0 Å². The van der Waals surface area contributed by atoms with Crippen molar-refractivity contribution in [1.82, 2.24) is 0 Å². The van der Waals surface area contributed by atoms with E-state index in [1.165, 1.54) is 12.1 Å². The molecule has 3 heteroatoms. The molecule has 0 fully saturated rings. The molecule has 0 aromatic heterocycles. The van der Waals surface area contributed by atoms with Crippen molar-refractivity contribution in [3.8, 4) is 0 Å². The Labute approximate surface area is 69.0 Å². The molecule has 0 saturated heterocycles. The lowest BCUT2D eigenvalue weighted by molar-refractivity contribution is -0.138. The molecule has 1 aromatic rings. The first-order valence-electron chi connectivity index (χ1n) is 3.62. The van der Waals surface area contributed by atoms with Gasteiger partial charge in [0.2, 0.25) is 0 Å². The van der Waals surface area contributed by atoms with E-state index in [1.807, 2.05) is 0 Å². The van der Waals surface area contributed by atoms with Crippen molar-refractivity contribution in [1.29, 1.82) is 0 Å². The van der Waals surface area contributed by atoms with Crippen molar-refractivity contribution in [3.05, 3.63) is 35.4 Å². The fraction of sp³-hybridized carbons (Fsp3) is 0.333. The fourth-order valence-corrected chi connectivity index (χ4v) is 1.03. The van der Waals surface area contributed by atoms with Crippen molar-refractivity contribution in [3.63, 3.8) is 0 Å². The molecule has 0 unspecified atom stereocenters. The fourth-order valence-electron chi connectivity index (χ4n) is 1.03. The molecule has 0 aliphatic heterocycles. The minimum atomic E-state index is -4.27. The van der Waals surface area contributed by atoms with E-state index in [9.17, 15) is 13.2 Å². The van der Waals surface area contributed by atoms with Gasteiger partial charge in [-0.2, -0.15) is 13.2 Å². The van der Waals surface area contributed by atoms with Gasteiger partial charge in [-0.05, 0) is 18.1 Å². The van der Waals surface area contributed by atoms with Crippen LogP contribution in [0.3, 0.4) is 0 Å². The second kappa shape index (κ2) is 3.17. The lowest BCUT2D eigenvalue weighted by Crippen LogP contribution is -2.08. The SMILES string of the molecule is CCc1ccc[c]c1C(F)(F)F. The number of benzene rings is 1. The van der Waals surface area contributed by atoms with Crippen LogP contribution in [0.5, 0.6) is 0 Å². The maximum Gasteiger partial charge on any atom is 0.417 e. The maximum atomic E-state index is 12.2. The summed E-state index contributed by atoms with van der Waals surface area (Å²) >= 11 is 0. The summed E-state index contributed by atoms with van der Waals surface area (Å²) in [5.74, 6) is 0. The number of hydrogen-bond donors (Lipinski definition) is 0. The van der Waals surface area contributed by atoms with Crippen LogP contribution in [0, 0.1) is 6.07 Å². The minimum absolute atomic E-state index is 0.296. The van der Waals surface area contributed by atoms with Crippen LogP contribution >= 0.6 is 0 Å². The summed E-state index contributed by atoms with van der Waals surface area (Å²) in [7, 11) is 0. The summed E-state index contributed by atoms with van der Waals surface area (Å²) in [5, 5.41) is 0. The monoisotopic (exact) mass is 173 g/mol. The van der Waals surface area contributed by atoms with Crippen LogP contribution < -0.4 is 0 Å². The first-order valence-corrected chi connectivity index (χ1v) is 3.62. The predicted octanol–water partition coefficient (Wildman–Crippen LogP) is 3.07. The zero-order chi connectivity index (χ0) is 9.19. The summed E-state index contributed by atoms with van der Waals surface area (Å²) in [6, 6.07) is 6.52. The Hall–Kier alpha value is -0.990. The van der Waals surface area contributed by atoms with Gasteiger partial charge in [0.25, 0.3) is 0 Å². The van der Waals surface area contributed by atoms with Gasteiger partial charge in [0.15, 0.2) is 0 Å². The van der Waals surface area contributed by atoms with Gasteiger partial charge in [-0.15, -0.1) is 0 Å². The molecule has 0 amide bonds. The third-order valence-electron chi connectivity index (χ3n) is 1.61. The van der Waals surface area contributed by atoms with Crippen LogP contribution in [0.15, 0.2) is 18.2 Å². The molecule has 65 valence electrons. The zero-order valence-electron chi connectivity index (χ0n) is 6.57. The van der Waals surface area contributed by atoms with E-state index in [4.69, 9.17) is 0 Å². The summed E-state index contributed by atoms with van der Waals surface area (Å²) < 4.78 is 36.6. The molecule has 0 spiro atoms. The highest BCUT2D eigenvalue weighted by molar-refractivity contribution is 5.28. The molecular formula is C9H8F3. The molecule has 0 aliphatic carbocycles. The summed E-state index contributed by atoms with van der Waals surface area (Å²) in [5.41, 5.74) is -0.350. The zero-order valence-corrected chi connectivity index (χ0v) is 6.57. The molecule has 0 saturated carbocycles. The second-order valence-corrected chi connectivity index (χ2v) is 2.42. The van der Waals surface area contributed by atoms with Gasteiger partial charge in [-0.3, -0.25) is 0 Å².